The Bertz CT molecular complexity index is 2800. The van der Waals surface area contributed by atoms with Gasteiger partial charge in [0.2, 0.25) is 0 Å². The molecule has 1 aromatic heterocycles. The summed E-state index contributed by atoms with van der Waals surface area (Å²) in [6.07, 6.45) is 8.47. The number of nitrogens with zero attached hydrogens (tertiary/aromatic N) is 3. The average molecular weight is 842 g/mol. The normalized spacial score (nSPS) is 23.6. The van der Waals surface area contributed by atoms with Crippen molar-refractivity contribution in [1.82, 2.24) is 15.0 Å². The van der Waals surface area contributed by atoms with Crippen molar-refractivity contribution in [1.29, 1.82) is 0 Å². The van der Waals surface area contributed by atoms with Gasteiger partial charge in [-0.05, 0) is 125 Å². The van der Waals surface area contributed by atoms with Crippen molar-refractivity contribution in [3.63, 3.8) is 0 Å². The molecule has 0 spiro atoms. The van der Waals surface area contributed by atoms with Gasteiger partial charge in [0, 0.05) is 22.1 Å². The summed E-state index contributed by atoms with van der Waals surface area (Å²) in [4.78, 5) is 16.1. The third-order valence-corrected chi connectivity index (χ3v) is 19.5. The molecule has 5 aliphatic carbocycles. The zero-order valence-electron chi connectivity index (χ0n) is 37.6. The van der Waals surface area contributed by atoms with Crippen molar-refractivity contribution in [2.75, 3.05) is 0 Å². The van der Waals surface area contributed by atoms with E-state index in [0.717, 1.165) is 51.7 Å². The molecule has 6 aromatic carbocycles. The van der Waals surface area contributed by atoms with E-state index in [0.29, 0.717) is 11.2 Å². The molecule has 0 amide bonds. The van der Waals surface area contributed by atoms with Crippen molar-refractivity contribution in [3.05, 3.63) is 162 Å². The highest BCUT2D eigenvalue weighted by Gasteiger charge is 2.51. The van der Waals surface area contributed by atoms with Crippen LogP contribution in [0.3, 0.4) is 0 Å². The molecular formula is C57H59N3Si2. The van der Waals surface area contributed by atoms with Crippen molar-refractivity contribution in [2.45, 2.75) is 95.6 Å². The smallest absolute Gasteiger partial charge is 0.164 e. The van der Waals surface area contributed by atoms with E-state index in [4.69, 9.17) is 15.0 Å². The lowest BCUT2D eigenvalue weighted by Gasteiger charge is -2.57. The van der Waals surface area contributed by atoms with Gasteiger partial charge >= 0.3 is 0 Å². The summed E-state index contributed by atoms with van der Waals surface area (Å²) < 4.78 is 0. The predicted molar refractivity (Wildman–Crippen MR) is 265 cm³/mol. The van der Waals surface area contributed by atoms with Crippen LogP contribution in [0.4, 0.5) is 0 Å². The van der Waals surface area contributed by atoms with Crippen molar-refractivity contribution in [3.8, 4) is 56.4 Å². The highest BCUT2D eigenvalue weighted by molar-refractivity contribution is 6.91. The molecule has 0 aliphatic heterocycles. The molecule has 3 nitrogen and oxygen atoms in total. The van der Waals surface area contributed by atoms with Crippen molar-refractivity contribution in [2.24, 2.45) is 17.8 Å². The Labute approximate surface area is 371 Å². The molecule has 4 fully saturated rings. The van der Waals surface area contributed by atoms with Crippen LogP contribution < -0.4 is 10.4 Å². The van der Waals surface area contributed by atoms with Gasteiger partial charge in [0.1, 0.15) is 0 Å². The Morgan fingerprint density at radius 1 is 0.419 bits per heavy atom. The minimum atomic E-state index is -1.65. The van der Waals surface area contributed by atoms with Crippen LogP contribution in [0.25, 0.3) is 56.4 Å². The van der Waals surface area contributed by atoms with Crippen molar-refractivity contribution >= 4 is 26.5 Å². The first-order valence-corrected chi connectivity index (χ1v) is 30.2. The van der Waals surface area contributed by atoms with E-state index in [2.05, 4.69) is 186 Å². The highest BCUT2D eigenvalue weighted by atomic mass is 28.3. The monoisotopic (exact) mass is 841 g/mol. The van der Waals surface area contributed by atoms with Crippen molar-refractivity contribution < 1.29 is 0 Å². The zero-order valence-corrected chi connectivity index (χ0v) is 39.6. The number of hydrogen-bond acceptors (Lipinski definition) is 3. The maximum atomic E-state index is 5.38. The van der Waals surface area contributed by atoms with Crippen LogP contribution in [0.15, 0.2) is 140 Å². The quantitative estimate of drug-likeness (QED) is 0.143. The van der Waals surface area contributed by atoms with Crippen LogP contribution in [-0.2, 0) is 10.8 Å². The molecule has 1 heterocycles. The Morgan fingerprint density at radius 2 is 0.935 bits per heavy atom. The summed E-state index contributed by atoms with van der Waals surface area (Å²) in [6.45, 7) is 17.1. The van der Waals surface area contributed by atoms with Gasteiger partial charge in [0.25, 0.3) is 0 Å². The fourth-order valence-electron chi connectivity index (χ4n) is 12.4. The maximum Gasteiger partial charge on any atom is 0.164 e. The van der Waals surface area contributed by atoms with Crippen LogP contribution in [0.2, 0.25) is 39.3 Å². The van der Waals surface area contributed by atoms with Crippen LogP contribution in [0, 0.1) is 17.8 Å². The molecule has 0 radical (unpaired) electrons. The maximum absolute atomic E-state index is 5.38. The first-order chi connectivity index (χ1) is 29.7. The zero-order chi connectivity index (χ0) is 42.6. The van der Waals surface area contributed by atoms with Gasteiger partial charge in [-0.15, -0.1) is 0 Å². The Morgan fingerprint density at radius 3 is 1.56 bits per heavy atom. The fraction of sp³-hybridized carbons (Fsp3) is 0.316. The minimum absolute atomic E-state index is 0.261. The highest BCUT2D eigenvalue weighted by Crippen LogP contribution is 2.61. The molecule has 12 rings (SSSR count). The lowest BCUT2D eigenvalue weighted by Crippen LogP contribution is -2.48. The Kier molecular flexibility index (Phi) is 9.20. The van der Waals surface area contributed by atoms with Gasteiger partial charge < -0.3 is 0 Å². The van der Waals surface area contributed by atoms with Crippen LogP contribution in [-0.4, -0.2) is 31.1 Å². The third-order valence-electron chi connectivity index (χ3n) is 15.5. The number of rotatable bonds is 8. The molecule has 0 saturated heterocycles. The SMILES string of the molecule is CC1(c2ccccc2)c2ccccc2-c2ccc(-c3cccc(-c4nc(-c5ccc(C67CC8CC(CC(C8)C6)C7)cc5)nc(-c5cc([Si](C)(C)C)cc([Si](C)(C)C)c5)n4)c3)cc21. The topological polar surface area (TPSA) is 38.7 Å². The third kappa shape index (κ3) is 6.70. The molecular weight excluding hydrogens is 783 g/mol. The number of fused-ring (bicyclic) bond motifs is 3. The summed E-state index contributed by atoms with van der Waals surface area (Å²) in [5.74, 6) is 4.97. The summed E-state index contributed by atoms with van der Waals surface area (Å²) in [5, 5.41) is 2.92. The van der Waals surface area contributed by atoms with Crippen LogP contribution in [0.1, 0.15) is 67.7 Å². The largest absolute Gasteiger partial charge is 0.208 e. The van der Waals surface area contributed by atoms with Gasteiger partial charge in [0.15, 0.2) is 17.5 Å². The average Bonchev–Trinajstić information content (AvgIpc) is 3.53. The summed E-state index contributed by atoms with van der Waals surface area (Å²) in [7, 11) is -3.31. The van der Waals surface area contributed by atoms with E-state index in [9.17, 15) is 0 Å². The van der Waals surface area contributed by atoms with E-state index >= 15 is 0 Å². The second kappa shape index (κ2) is 14.4. The predicted octanol–water partition coefficient (Wildman–Crippen LogP) is 13.4. The van der Waals surface area contributed by atoms with E-state index in [1.807, 2.05) is 0 Å². The lowest BCUT2D eigenvalue weighted by molar-refractivity contribution is -0.00518. The second-order valence-electron chi connectivity index (χ2n) is 21.8. The molecule has 5 heteroatoms. The molecule has 5 aliphatic rings. The summed E-state index contributed by atoms with van der Waals surface area (Å²) in [5.41, 5.74) is 13.8. The standard InChI is InChI=1S/C57H59N3Si2/c1-56(45-16-9-8-10-17-45)51-19-12-11-18-49(51)50-25-22-42(32-52(50)56)41-14-13-15-43(29-41)54-58-53(59-55(60-54)44-30-47(61(2,3)4)33-48(31-44)62(5,6)7)40-20-23-46(24-21-40)57-34-37-26-38(35-57)28-39(27-37)36-57/h8-25,29-33,37-39H,26-28,34-36H2,1-7H3. The summed E-state index contributed by atoms with van der Waals surface area (Å²) in [6, 6.07) is 52.6. The molecule has 62 heavy (non-hydrogen) atoms. The lowest BCUT2D eigenvalue weighted by atomic mass is 9.48. The number of benzene rings is 6. The van der Waals surface area contributed by atoms with Crippen LogP contribution >= 0.6 is 0 Å². The Balaban J connectivity index is 1.03. The molecule has 1 atom stereocenters. The van der Waals surface area contributed by atoms with Gasteiger partial charge in [-0.3, -0.25) is 0 Å². The Hall–Kier alpha value is -5.24. The first-order valence-electron chi connectivity index (χ1n) is 23.2. The number of hydrogen-bond donors (Lipinski definition) is 0. The number of aromatic nitrogens is 3. The molecule has 1 unspecified atom stereocenters. The molecule has 0 N–H and O–H groups in total. The van der Waals surface area contributed by atoms with Gasteiger partial charge in [-0.25, -0.2) is 15.0 Å². The van der Waals surface area contributed by atoms with Gasteiger partial charge in [-0.2, -0.15) is 0 Å². The minimum Gasteiger partial charge on any atom is -0.208 e. The second-order valence-corrected chi connectivity index (χ2v) is 31.9. The van der Waals surface area contributed by atoms with E-state index in [-0.39, 0.29) is 5.41 Å². The van der Waals surface area contributed by atoms with Gasteiger partial charge in [0.05, 0.1) is 16.1 Å². The fourth-order valence-corrected chi connectivity index (χ4v) is 14.9. The van der Waals surface area contributed by atoms with E-state index in [1.54, 1.807) is 0 Å². The summed E-state index contributed by atoms with van der Waals surface area (Å²) >= 11 is 0. The molecule has 4 saturated carbocycles. The van der Waals surface area contributed by atoms with Crippen LogP contribution in [0.5, 0.6) is 0 Å². The first kappa shape index (κ1) is 39.6. The molecule has 310 valence electrons. The molecule has 4 bridgehead atoms. The van der Waals surface area contributed by atoms with E-state index < -0.39 is 16.1 Å². The molecule has 7 aromatic rings. The van der Waals surface area contributed by atoms with E-state index in [1.165, 1.54) is 87.8 Å². The van der Waals surface area contributed by atoms with Gasteiger partial charge in [-0.1, -0.05) is 177 Å².